The number of likely N-dealkylation sites (N-methyl/N-ethyl adjacent to an activating group) is 1. The van der Waals surface area contributed by atoms with Crippen LogP contribution in [0.5, 0.6) is 0 Å². The summed E-state index contributed by atoms with van der Waals surface area (Å²) in [5.41, 5.74) is 3.57. The third-order valence-corrected chi connectivity index (χ3v) is 7.07. The molecule has 1 aromatic carbocycles. The van der Waals surface area contributed by atoms with Crippen LogP contribution in [0.1, 0.15) is 85.2 Å². The van der Waals surface area contributed by atoms with Crippen LogP contribution in [-0.2, 0) is 21.7 Å². The highest BCUT2D eigenvalue weighted by atomic mass is 16.5. The lowest BCUT2D eigenvalue weighted by molar-refractivity contribution is -0.120. The fourth-order valence-electron chi connectivity index (χ4n) is 5.07. The van der Waals surface area contributed by atoms with Gasteiger partial charge in [-0.05, 0) is 49.7 Å². The Labute approximate surface area is 188 Å². The maximum atomic E-state index is 13.3. The van der Waals surface area contributed by atoms with Gasteiger partial charge in [0.05, 0.1) is 12.3 Å². The fourth-order valence-corrected chi connectivity index (χ4v) is 5.07. The van der Waals surface area contributed by atoms with Gasteiger partial charge in [-0.15, -0.1) is 0 Å². The number of benzene rings is 1. The Bertz CT molecular complexity index is 1040. The van der Waals surface area contributed by atoms with Gasteiger partial charge in [-0.25, -0.2) is 9.97 Å². The van der Waals surface area contributed by atoms with Crippen LogP contribution in [0.2, 0.25) is 0 Å². The Hall–Kier alpha value is -2.80. The fraction of sp³-hybridized carbons (Fsp3) is 0.520. The van der Waals surface area contributed by atoms with Gasteiger partial charge in [0.25, 0.3) is 5.91 Å². The number of hydrogen-bond acceptors (Lipinski definition) is 5. The average molecular weight is 435 g/mol. The van der Waals surface area contributed by atoms with Crippen molar-refractivity contribution in [3.05, 3.63) is 53.1 Å². The highest BCUT2D eigenvalue weighted by Gasteiger charge is 2.44. The largest absolute Gasteiger partial charge is 0.364 e. The molecule has 32 heavy (non-hydrogen) atoms. The number of nitrogens with zero attached hydrogens (tertiary/aromatic N) is 3. The highest BCUT2D eigenvalue weighted by molar-refractivity contribution is 6.01. The molecular formula is C25H30N4O3. The monoisotopic (exact) mass is 434 g/mol. The van der Waals surface area contributed by atoms with Gasteiger partial charge in [0.15, 0.2) is 0 Å². The Morgan fingerprint density at radius 3 is 2.72 bits per heavy atom. The van der Waals surface area contributed by atoms with Crippen LogP contribution in [0, 0.1) is 0 Å². The molecule has 0 bridgehead atoms. The van der Waals surface area contributed by atoms with Crippen molar-refractivity contribution in [2.45, 2.75) is 76.0 Å². The van der Waals surface area contributed by atoms with Crippen LogP contribution in [0.4, 0.5) is 5.69 Å². The molecule has 1 aliphatic heterocycles. The zero-order valence-electron chi connectivity index (χ0n) is 18.8. The lowest BCUT2D eigenvalue weighted by Crippen LogP contribution is -2.47. The normalized spacial score (nSPS) is 19.6. The molecule has 3 aliphatic rings. The van der Waals surface area contributed by atoms with Crippen molar-refractivity contribution in [2.75, 3.05) is 11.9 Å². The minimum absolute atomic E-state index is 0.104. The number of hydrogen-bond donors (Lipinski definition) is 1. The van der Waals surface area contributed by atoms with Crippen LogP contribution < -0.4 is 10.2 Å². The summed E-state index contributed by atoms with van der Waals surface area (Å²) in [7, 11) is 1.78. The predicted molar refractivity (Wildman–Crippen MR) is 120 cm³/mol. The number of anilines is 1. The molecule has 0 radical (unpaired) electrons. The second kappa shape index (κ2) is 8.28. The maximum Gasteiger partial charge on any atom is 0.289 e. The van der Waals surface area contributed by atoms with Crippen LogP contribution in [0.3, 0.4) is 0 Å². The number of nitrogens with one attached hydrogen (secondary N) is 1. The first-order chi connectivity index (χ1) is 15.5. The van der Waals surface area contributed by atoms with Crippen molar-refractivity contribution in [2.24, 2.45) is 0 Å². The molecule has 0 unspecified atom stereocenters. The van der Waals surface area contributed by atoms with Crippen molar-refractivity contribution in [1.29, 1.82) is 0 Å². The Morgan fingerprint density at radius 2 is 2.00 bits per heavy atom. The average Bonchev–Trinajstić information content (AvgIpc) is 3.47. The topological polar surface area (TPSA) is 84.4 Å². The molecule has 2 aliphatic carbocycles. The van der Waals surface area contributed by atoms with E-state index in [1.807, 2.05) is 25.1 Å². The number of carbonyl (C=O) groups excluding carboxylic acids is 2. The summed E-state index contributed by atoms with van der Waals surface area (Å²) < 4.78 is 6.07. The maximum absolute atomic E-state index is 13.3. The molecule has 168 valence electrons. The van der Waals surface area contributed by atoms with E-state index < -0.39 is 11.9 Å². The SMILES string of the molecule is CC[C@H](NC(=O)c1ncc2c(n1)C1(CCCC1)OC2)C(=O)N(C)c1ccccc1C1CC1. The summed E-state index contributed by atoms with van der Waals surface area (Å²) in [6.07, 6.45) is 8.57. The Kier molecular flexibility index (Phi) is 5.45. The van der Waals surface area contributed by atoms with E-state index in [0.717, 1.165) is 55.5 Å². The summed E-state index contributed by atoms with van der Waals surface area (Å²) in [5, 5.41) is 2.87. The van der Waals surface area contributed by atoms with Gasteiger partial charge in [0.2, 0.25) is 11.7 Å². The summed E-state index contributed by atoms with van der Waals surface area (Å²) in [6.45, 7) is 2.40. The molecule has 0 saturated heterocycles. The highest BCUT2D eigenvalue weighted by Crippen LogP contribution is 2.47. The summed E-state index contributed by atoms with van der Waals surface area (Å²) >= 11 is 0. The van der Waals surface area contributed by atoms with E-state index >= 15 is 0 Å². The standard InChI is InChI=1S/C25H30N4O3/c1-3-19(24(31)29(2)20-9-5-4-8-18(20)16-10-11-16)27-23(30)22-26-14-17-15-32-25(21(17)28-22)12-6-7-13-25/h4-5,8-9,14,16,19H,3,6-7,10-13,15H2,1-2H3,(H,27,30)/t19-/m0/s1. The number of ether oxygens (including phenoxy) is 1. The van der Waals surface area contributed by atoms with Gasteiger partial charge in [-0.3, -0.25) is 9.59 Å². The first-order valence-electron chi connectivity index (χ1n) is 11.7. The number of carbonyl (C=O) groups is 2. The molecule has 2 aromatic rings. The van der Waals surface area contributed by atoms with E-state index in [4.69, 9.17) is 4.74 Å². The minimum atomic E-state index is -0.645. The summed E-state index contributed by atoms with van der Waals surface area (Å²) in [5.74, 6) is 0.0801. The zero-order valence-corrected chi connectivity index (χ0v) is 18.8. The van der Waals surface area contributed by atoms with E-state index in [2.05, 4.69) is 21.4 Å². The van der Waals surface area contributed by atoms with Gasteiger partial charge in [0, 0.05) is 24.5 Å². The second-order valence-corrected chi connectivity index (χ2v) is 9.22. The number of fused-ring (bicyclic) bond motifs is 2. The Balaban J connectivity index is 1.33. The molecule has 1 atom stereocenters. The smallest absolute Gasteiger partial charge is 0.289 e. The molecule has 1 aromatic heterocycles. The molecule has 2 amide bonds. The number of rotatable bonds is 6. The number of aromatic nitrogens is 2. The molecule has 1 N–H and O–H groups in total. The van der Waals surface area contributed by atoms with Gasteiger partial charge in [-0.2, -0.15) is 0 Å². The van der Waals surface area contributed by atoms with E-state index in [0.29, 0.717) is 18.9 Å². The van der Waals surface area contributed by atoms with Gasteiger partial charge >= 0.3 is 0 Å². The summed E-state index contributed by atoms with van der Waals surface area (Å²) in [4.78, 5) is 36.9. The molecule has 2 heterocycles. The van der Waals surface area contributed by atoms with Crippen LogP contribution in [-0.4, -0.2) is 34.9 Å². The third kappa shape index (κ3) is 3.68. The first kappa shape index (κ1) is 21.1. The molecule has 5 rings (SSSR count). The van der Waals surface area contributed by atoms with Gasteiger partial charge in [-0.1, -0.05) is 38.0 Å². The van der Waals surface area contributed by atoms with E-state index in [1.165, 1.54) is 5.56 Å². The second-order valence-electron chi connectivity index (χ2n) is 9.22. The van der Waals surface area contributed by atoms with Crippen molar-refractivity contribution < 1.29 is 14.3 Å². The van der Waals surface area contributed by atoms with E-state index in [-0.39, 0.29) is 17.3 Å². The number of para-hydroxylation sites is 1. The summed E-state index contributed by atoms with van der Waals surface area (Å²) in [6, 6.07) is 7.39. The third-order valence-electron chi connectivity index (χ3n) is 7.07. The lowest BCUT2D eigenvalue weighted by atomic mass is 9.97. The molecule has 1 spiro atoms. The molecule has 2 saturated carbocycles. The predicted octanol–water partition coefficient (Wildman–Crippen LogP) is 3.82. The first-order valence-corrected chi connectivity index (χ1v) is 11.7. The zero-order chi connectivity index (χ0) is 22.3. The molecule has 7 heteroatoms. The van der Waals surface area contributed by atoms with Gasteiger partial charge < -0.3 is 15.0 Å². The minimum Gasteiger partial charge on any atom is -0.364 e. The number of amides is 2. The van der Waals surface area contributed by atoms with E-state index in [9.17, 15) is 9.59 Å². The van der Waals surface area contributed by atoms with Crippen molar-refractivity contribution >= 4 is 17.5 Å². The van der Waals surface area contributed by atoms with Crippen molar-refractivity contribution in [3.63, 3.8) is 0 Å². The van der Waals surface area contributed by atoms with Crippen molar-refractivity contribution in [3.8, 4) is 0 Å². The van der Waals surface area contributed by atoms with Crippen LogP contribution in [0.15, 0.2) is 30.5 Å². The quantitative estimate of drug-likeness (QED) is 0.747. The Morgan fingerprint density at radius 1 is 1.25 bits per heavy atom. The van der Waals surface area contributed by atoms with Crippen molar-refractivity contribution in [1.82, 2.24) is 15.3 Å². The molecule has 7 nitrogen and oxygen atoms in total. The molecule has 2 fully saturated rings. The van der Waals surface area contributed by atoms with Crippen LogP contribution in [0.25, 0.3) is 0 Å². The van der Waals surface area contributed by atoms with Crippen LogP contribution >= 0.6 is 0 Å². The lowest BCUT2D eigenvalue weighted by Gasteiger charge is -2.26. The molecular weight excluding hydrogens is 404 g/mol. The van der Waals surface area contributed by atoms with E-state index in [1.54, 1.807) is 18.1 Å². The van der Waals surface area contributed by atoms with Gasteiger partial charge in [0.1, 0.15) is 11.6 Å².